The molecular formula is C12H9BrClFN2O3. The van der Waals surface area contributed by atoms with E-state index in [-0.39, 0.29) is 17.0 Å². The molecule has 106 valence electrons. The summed E-state index contributed by atoms with van der Waals surface area (Å²) in [7, 11) is 0. The van der Waals surface area contributed by atoms with Crippen molar-refractivity contribution in [2.45, 2.75) is 13.2 Å². The number of rotatable bonds is 3. The number of carbonyl (C=O) groups excluding carboxylic acids is 1. The third-order valence-corrected chi connectivity index (χ3v) is 3.85. The van der Waals surface area contributed by atoms with Crippen LogP contribution in [0.4, 0.5) is 4.39 Å². The Hall–Kier alpha value is -1.47. The summed E-state index contributed by atoms with van der Waals surface area (Å²) in [5, 5.41) is 0.154. The number of fused-ring (bicyclic) bond motifs is 1. The van der Waals surface area contributed by atoms with Crippen LogP contribution in [0.5, 0.6) is 0 Å². The van der Waals surface area contributed by atoms with E-state index in [1.165, 1.54) is 0 Å². The van der Waals surface area contributed by atoms with Gasteiger partial charge in [-0.15, -0.1) is 0 Å². The summed E-state index contributed by atoms with van der Waals surface area (Å²) in [4.78, 5) is 27.5. The first-order chi connectivity index (χ1) is 9.47. The van der Waals surface area contributed by atoms with Gasteiger partial charge in [0.1, 0.15) is 6.33 Å². The van der Waals surface area contributed by atoms with Gasteiger partial charge in [0.05, 0.1) is 22.5 Å². The third-order valence-electron chi connectivity index (χ3n) is 2.57. The van der Waals surface area contributed by atoms with Crippen molar-refractivity contribution < 1.29 is 13.9 Å². The Labute approximate surface area is 126 Å². The second-order valence-corrected chi connectivity index (χ2v) is 5.03. The van der Waals surface area contributed by atoms with Crippen LogP contribution in [0.15, 0.2) is 27.7 Å². The van der Waals surface area contributed by atoms with Gasteiger partial charge in [-0.25, -0.2) is 14.2 Å². The average Bonchev–Trinajstić information content (AvgIpc) is 2.42. The van der Waals surface area contributed by atoms with Crippen molar-refractivity contribution in [2.24, 2.45) is 0 Å². The minimum absolute atomic E-state index is 0.0152. The molecule has 1 unspecified atom stereocenters. The molecule has 0 saturated heterocycles. The van der Waals surface area contributed by atoms with E-state index in [4.69, 9.17) is 11.6 Å². The van der Waals surface area contributed by atoms with Gasteiger partial charge in [0.25, 0.3) is 11.9 Å². The monoisotopic (exact) mass is 362 g/mol. The highest BCUT2D eigenvalue weighted by molar-refractivity contribution is 9.10. The summed E-state index contributed by atoms with van der Waals surface area (Å²) >= 11 is 9.18. The Balaban J connectivity index is 2.63. The highest BCUT2D eigenvalue weighted by Crippen LogP contribution is 2.28. The fourth-order valence-corrected chi connectivity index (χ4v) is 2.21. The van der Waals surface area contributed by atoms with Crippen molar-refractivity contribution in [3.63, 3.8) is 0 Å². The van der Waals surface area contributed by atoms with Crippen molar-refractivity contribution >= 4 is 44.4 Å². The second kappa shape index (κ2) is 5.88. The van der Waals surface area contributed by atoms with Crippen LogP contribution in [0.25, 0.3) is 10.9 Å². The summed E-state index contributed by atoms with van der Waals surface area (Å²) in [5.41, 5.74) is -0.433. The molecule has 2 rings (SSSR count). The zero-order valence-corrected chi connectivity index (χ0v) is 12.6. The summed E-state index contributed by atoms with van der Waals surface area (Å²) in [6.45, 7) is 1.56. The highest BCUT2D eigenvalue weighted by Gasteiger charge is 2.23. The molecule has 0 amide bonds. The fraction of sp³-hybridized carbons (Fsp3) is 0.250. The Kier molecular flexibility index (Phi) is 4.39. The van der Waals surface area contributed by atoms with Gasteiger partial charge in [0.2, 0.25) is 0 Å². The van der Waals surface area contributed by atoms with E-state index in [1.807, 2.05) is 0 Å². The standard InChI is InChI=1S/C12H9BrClFN2O3/c1-2-20-12(19)10(15)17-5-16-7-4-3-6(13)9(14)8(7)11(17)18/h3-5,10H,2H2,1H3. The van der Waals surface area contributed by atoms with Gasteiger partial charge < -0.3 is 4.74 Å². The third kappa shape index (κ3) is 2.55. The van der Waals surface area contributed by atoms with Crippen molar-refractivity contribution in [3.8, 4) is 0 Å². The van der Waals surface area contributed by atoms with Gasteiger partial charge >= 0.3 is 5.97 Å². The number of hydrogen-bond acceptors (Lipinski definition) is 4. The van der Waals surface area contributed by atoms with Crippen LogP contribution in [-0.2, 0) is 9.53 Å². The van der Waals surface area contributed by atoms with Crippen molar-refractivity contribution in [1.29, 1.82) is 0 Å². The highest BCUT2D eigenvalue weighted by atomic mass is 79.9. The number of alkyl halides is 1. The van der Waals surface area contributed by atoms with E-state index >= 15 is 0 Å². The number of benzene rings is 1. The van der Waals surface area contributed by atoms with E-state index in [9.17, 15) is 14.0 Å². The molecule has 0 N–H and O–H groups in total. The molecular weight excluding hydrogens is 354 g/mol. The SMILES string of the molecule is CCOC(=O)C(F)n1cnc2ccc(Br)c(Cl)c2c1=O. The van der Waals surface area contributed by atoms with E-state index in [2.05, 4.69) is 25.7 Å². The van der Waals surface area contributed by atoms with Gasteiger partial charge in [-0.05, 0) is 35.0 Å². The van der Waals surface area contributed by atoms with Crippen LogP contribution in [0.2, 0.25) is 5.02 Å². The molecule has 2 aromatic rings. The molecule has 0 aliphatic carbocycles. The number of ether oxygens (including phenoxy) is 1. The van der Waals surface area contributed by atoms with E-state index < -0.39 is 17.8 Å². The summed E-state index contributed by atoms with van der Waals surface area (Å²) in [6, 6.07) is 3.19. The second-order valence-electron chi connectivity index (χ2n) is 3.80. The maximum absolute atomic E-state index is 13.9. The maximum atomic E-state index is 13.9. The molecule has 0 saturated carbocycles. The topological polar surface area (TPSA) is 61.2 Å². The van der Waals surface area contributed by atoms with Crippen LogP contribution in [0.1, 0.15) is 13.2 Å². The lowest BCUT2D eigenvalue weighted by atomic mass is 10.2. The zero-order chi connectivity index (χ0) is 14.9. The molecule has 8 heteroatoms. The average molecular weight is 364 g/mol. The molecule has 1 aromatic heterocycles. The lowest BCUT2D eigenvalue weighted by Crippen LogP contribution is -2.29. The summed E-state index contributed by atoms with van der Waals surface area (Å²) in [5.74, 6) is -1.15. The number of halogens is 3. The van der Waals surface area contributed by atoms with Gasteiger partial charge in [-0.2, -0.15) is 0 Å². The Morgan fingerprint density at radius 3 is 2.95 bits per heavy atom. The molecule has 0 spiro atoms. The molecule has 1 heterocycles. The minimum atomic E-state index is -2.26. The van der Waals surface area contributed by atoms with Crippen LogP contribution >= 0.6 is 27.5 Å². The first kappa shape index (κ1) is 14.9. The minimum Gasteiger partial charge on any atom is -0.462 e. The molecule has 20 heavy (non-hydrogen) atoms. The van der Waals surface area contributed by atoms with Crippen molar-refractivity contribution in [2.75, 3.05) is 6.61 Å². The van der Waals surface area contributed by atoms with Crippen LogP contribution < -0.4 is 5.56 Å². The Morgan fingerprint density at radius 1 is 1.60 bits per heavy atom. The number of nitrogens with zero attached hydrogens (tertiary/aromatic N) is 2. The molecule has 1 atom stereocenters. The summed E-state index contributed by atoms with van der Waals surface area (Å²) < 4.78 is 19.5. The predicted molar refractivity (Wildman–Crippen MR) is 75.5 cm³/mol. The number of hydrogen-bond donors (Lipinski definition) is 0. The zero-order valence-electron chi connectivity index (χ0n) is 10.3. The maximum Gasteiger partial charge on any atom is 0.362 e. The summed E-state index contributed by atoms with van der Waals surface area (Å²) in [6.07, 6.45) is -1.30. The number of esters is 1. The molecule has 0 fully saturated rings. The number of carbonyl (C=O) groups is 1. The van der Waals surface area contributed by atoms with Crippen molar-refractivity contribution in [1.82, 2.24) is 9.55 Å². The van der Waals surface area contributed by atoms with Gasteiger partial charge in [-0.3, -0.25) is 9.36 Å². The smallest absolute Gasteiger partial charge is 0.362 e. The normalized spacial score (nSPS) is 12.4. The Bertz CT molecular complexity index is 734. The quantitative estimate of drug-likeness (QED) is 0.787. The molecule has 5 nitrogen and oxygen atoms in total. The largest absolute Gasteiger partial charge is 0.462 e. The van der Waals surface area contributed by atoms with E-state index in [0.717, 1.165) is 6.33 Å². The number of aromatic nitrogens is 2. The fourth-order valence-electron chi connectivity index (χ4n) is 1.64. The Morgan fingerprint density at radius 2 is 2.30 bits per heavy atom. The lowest BCUT2D eigenvalue weighted by Gasteiger charge is -2.11. The molecule has 0 bridgehead atoms. The molecule has 0 aliphatic heterocycles. The lowest BCUT2D eigenvalue weighted by molar-refractivity contribution is -0.153. The van der Waals surface area contributed by atoms with Crippen LogP contribution in [0, 0.1) is 0 Å². The van der Waals surface area contributed by atoms with E-state index in [0.29, 0.717) is 14.6 Å². The van der Waals surface area contributed by atoms with E-state index in [1.54, 1.807) is 19.1 Å². The first-order valence-corrected chi connectivity index (χ1v) is 6.80. The van der Waals surface area contributed by atoms with Gasteiger partial charge in [0, 0.05) is 4.47 Å². The van der Waals surface area contributed by atoms with Crippen LogP contribution in [-0.4, -0.2) is 22.1 Å². The predicted octanol–water partition coefficient (Wildman–Crippen LogP) is 2.84. The van der Waals surface area contributed by atoms with Gasteiger partial charge in [-0.1, -0.05) is 11.6 Å². The molecule has 0 aliphatic rings. The molecule has 1 aromatic carbocycles. The molecule has 0 radical (unpaired) electrons. The van der Waals surface area contributed by atoms with Crippen molar-refractivity contribution in [3.05, 3.63) is 38.3 Å². The van der Waals surface area contributed by atoms with Gasteiger partial charge in [0.15, 0.2) is 0 Å². The first-order valence-electron chi connectivity index (χ1n) is 5.63. The van der Waals surface area contributed by atoms with Crippen LogP contribution in [0.3, 0.4) is 0 Å².